The Morgan fingerprint density at radius 2 is 1.74 bits per heavy atom. The number of ether oxygens (including phenoxy) is 2. The van der Waals surface area contributed by atoms with E-state index in [0.717, 1.165) is 51.1 Å². The Labute approximate surface area is 188 Å². The molecule has 0 unspecified atom stereocenters. The second-order valence-electron chi connectivity index (χ2n) is 8.01. The summed E-state index contributed by atoms with van der Waals surface area (Å²) >= 11 is 3.48. The standard InChI is InChI=1S/C23H21BrN2O5/c24-17-10-15(12-25-20(27)21(28)26(23(25)29)18-8-4-5-9-18)19-16(11-17)13-30-22(31-19)14-6-2-1-3-7-14/h1-3,6-7,10-11,18,22H,4-5,8-9,12-13H2/t22-/m0/s1. The number of imide groups is 2. The summed E-state index contributed by atoms with van der Waals surface area (Å²) in [5.74, 6) is -0.930. The van der Waals surface area contributed by atoms with Crippen molar-refractivity contribution in [2.75, 3.05) is 0 Å². The Balaban J connectivity index is 1.44. The third-order valence-electron chi connectivity index (χ3n) is 6.00. The molecule has 8 heteroatoms. The van der Waals surface area contributed by atoms with Gasteiger partial charge in [-0.1, -0.05) is 59.1 Å². The van der Waals surface area contributed by atoms with Gasteiger partial charge in [-0.25, -0.2) is 4.79 Å². The first-order valence-electron chi connectivity index (χ1n) is 10.4. The molecule has 0 aromatic heterocycles. The average molecular weight is 485 g/mol. The molecule has 4 amide bonds. The van der Waals surface area contributed by atoms with Crippen LogP contribution in [0.1, 0.15) is 48.7 Å². The first-order valence-corrected chi connectivity index (χ1v) is 11.2. The normalized spacial score (nSPS) is 21.6. The highest BCUT2D eigenvalue weighted by atomic mass is 79.9. The molecule has 2 aliphatic heterocycles. The van der Waals surface area contributed by atoms with E-state index in [-0.39, 0.29) is 12.6 Å². The van der Waals surface area contributed by atoms with Crippen LogP contribution in [0.4, 0.5) is 4.79 Å². The molecule has 1 atom stereocenters. The summed E-state index contributed by atoms with van der Waals surface area (Å²) in [6, 6.07) is 12.6. The smallest absolute Gasteiger partial charge is 0.334 e. The van der Waals surface area contributed by atoms with Crippen molar-refractivity contribution in [3.8, 4) is 5.75 Å². The van der Waals surface area contributed by atoms with E-state index in [9.17, 15) is 14.4 Å². The Bertz CT molecular complexity index is 1050. The van der Waals surface area contributed by atoms with Crippen LogP contribution in [0.15, 0.2) is 46.9 Å². The van der Waals surface area contributed by atoms with Crippen LogP contribution in [0.5, 0.6) is 5.75 Å². The molecule has 31 heavy (non-hydrogen) atoms. The van der Waals surface area contributed by atoms with Gasteiger partial charge in [0.05, 0.1) is 13.2 Å². The quantitative estimate of drug-likeness (QED) is 0.477. The van der Waals surface area contributed by atoms with Crippen molar-refractivity contribution in [1.29, 1.82) is 0 Å². The Morgan fingerprint density at radius 3 is 2.48 bits per heavy atom. The summed E-state index contributed by atoms with van der Waals surface area (Å²) in [4.78, 5) is 40.4. The first-order chi connectivity index (χ1) is 15.0. The number of amides is 4. The van der Waals surface area contributed by atoms with Crippen molar-refractivity contribution in [3.05, 3.63) is 63.6 Å². The maximum atomic E-state index is 13.0. The van der Waals surface area contributed by atoms with Gasteiger partial charge in [0.1, 0.15) is 5.75 Å². The van der Waals surface area contributed by atoms with E-state index in [1.54, 1.807) is 0 Å². The van der Waals surface area contributed by atoms with Crippen LogP contribution < -0.4 is 4.74 Å². The van der Waals surface area contributed by atoms with Gasteiger partial charge in [0.25, 0.3) is 0 Å². The van der Waals surface area contributed by atoms with Gasteiger partial charge >= 0.3 is 17.8 Å². The van der Waals surface area contributed by atoms with E-state index in [2.05, 4.69) is 15.9 Å². The molecule has 0 radical (unpaired) electrons. The number of hydrogen-bond donors (Lipinski definition) is 0. The van der Waals surface area contributed by atoms with Crippen LogP contribution in [-0.2, 0) is 27.5 Å². The number of hydrogen-bond acceptors (Lipinski definition) is 5. The number of nitrogens with zero attached hydrogens (tertiary/aromatic N) is 2. The van der Waals surface area contributed by atoms with Crippen LogP contribution >= 0.6 is 15.9 Å². The van der Waals surface area contributed by atoms with Gasteiger partial charge in [-0.05, 0) is 25.0 Å². The summed E-state index contributed by atoms with van der Waals surface area (Å²) in [6.07, 6.45) is 2.84. The van der Waals surface area contributed by atoms with Gasteiger partial charge in [0.15, 0.2) is 0 Å². The van der Waals surface area contributed by atoms with E-state index >= 15 is 0 Å². The largest absolute Gasteiger partial charge is 0.460 e. The number of urea groups is 1. The van der Waals surface area contributed by atoms with Crippen molar-refractivity contribution in [2.24, 2.45) is 0 Å². The SMILES string of the molecule is O=C1C(=O)N(C2CCCC2)C(=O)N1Cc1cc(Br)cc2c1O[C@@H](c1ccccc1)OC2. The number of rotatable bonds is 4. The number of halogens is 1. The molecule has 2 fully saturated rings. The minimum Gasteiger partial charge on any atom is -0.460 e. The Morgan fingerprint density at radius 1 is 1.00 bits per heavy atom. The van der Waals surface area contributed by atoms with Crippen LogP contribution in [0.25, 0.3) is 0 Å². The average Bonchev–Trinajstić information content (AvgIpc) is 3.37. The molecular weight excluding hydrogens is 464 g/mol. The van der Waals surface area contributed by atoms with Crippen LogP contribution in [0, 0.1) is 0 Å². The van der Waals surface area contributed by atoms with Crippen molar-refractivity contribution in [1.82, 2.24) is 9.80 Å². The fraction of sp³-hybridized carbons (Fsp3) is 0.348. The molecule has 7 nitrogen and oxygen atoms in total. The molecule has 1 saturated heterocycles. The highest BCUT2D eigenvalue weighted by Crippen LogP contribution is 2.39. The molecule has 2 aromatic carbocycles. The number of carbonyl (C=O) groups excluding carboxylic acids is 3. The zero-order chi connectivity index (χ0) is 21.5. The maximum Gasteiger partial charge on any atom is 0.334 e. The highest BCUT2D eigenvalue weighted by molar-refractivity contribution is 9.10. The molecule has 5 rings (SSSR count). The zero-order valence-corrected chi connectivity index (χ0v) is 18.3. The summed E-state index contributed by atoms with van der Waals surface area (Å²) in [5.41, 5.74) is 2.34. The predicted octanol–water partition coefficient (Wildman–Crippen LogP) is 4.29. The van der Waals surface area contributed by atoms with Crippen LogP contribution in [-0.4, -0.2) is 33.7 Å². The third-order valence-corrected chi connectivity index (χ3v) is 6.45. The molecular formula is C23H21BrN2O5. The monoisotopic (exact) mass is 484 g/mol. The van der Waals surface area contributed by atoms with Crippen molar-refractivity contribution in [2.45, 2.75) is 51.2 Å². The lowest BCUT2D eigenvalue weighted by Crippen LogP contribution is -2.39. The number of benzene rings is 2. The lowest BCUT2D eigenvalue weighted by molar-refractivity contribution is -0.144. The second kappa shape index (κ2) is 8.09. The summed E-state index contributed by atoms with van der Waals surface area (Å²) in [6.45, 7) is 0.298. The number of carbonyl (C=O) groups is 3. The van der Waals surface area contributed by atoms with Gasteiger partial charge in [0.2, 0.25) is 6.29 Å². The Kier molecular flexibility index (Phi) is 5.27. The molecule has 1 saturated carbocycles. The molecule has 2 heterocycles. The minimum absolute atomic E-state index is 0.0318. The molecule has 0 N–H and O–H groups in total. The van der Waals surface area contributed by atoms with Gasteiger partial charge in [0, 0.05) is 27.2 Å². The van der Waals surface area contributed by atoms with Gasteiger partial charge in [-0.2, -0.15) is 0 Å². The van der Waals surface area contributed by atoms with Crippen molar-refractivity contribution in [3.63, 3.8) is 0 Å². The lowest BCUT2D eigenvalue weighted by Gasteiger charge is -2.29. The van der Waals surface area contributed by atoms with Crippen LogP contribution in [0.2, 0.25) is 0 Å². The van der Waals surface area contributed by atoms with E-state index in [0.29, 0.717) is 17.9 Å². The topological polar surface area (TPSA) is 76.2 Å². The highest BCUT2D eigenvalue weighted by Gasteiger charge is 2.48. The maximum absolute atomic E-state index is 13.0. The molecule has 1 aliphatic carbocycles. The van der Waals surface area contributed by atoms with E-state index in [1.807, 2.05) is 42.5 Å². The number of fused-ring (bicyclic) bond motifs is 1. The second-order valence-corrected chi connectivity index (χ2v) is 8.93. The first kappa shape index (κ1) is 20.2. The Hall–Kier alpha value is -2.71. The van der Waals surface area contributed by atoms with Gasteiger partial charge in [-0.15, -0.1) is 0 Å². The summed E-state index contributed by atoms with van der Waals surface area (Å²) < 4.78 is 12.8. The third kappa shape index (κ3) is 3.64. The van der Waals surface area contributed by atoms with Gasteiger partial charge in [-0.3, -0.25) is 19.4 Å². The van der Waals surface area contributed by atoms with E-state index in [1.165, 1.54) is 0 Å². The van der Waals surface area contributed by atoms with Gasteiger partial charge < -0.3 is 9.47 Å². The molecule has 0 bridgehead atoms. The summed E-state index contributed by atoms with van der Waals surface area (Å²) in [5, 5.41) is 0. The zero-order valence-electron chi connectivity index (χ0n) is 16.8. The fourth-order valence-electron chi connectivity index (χ4n) is 4.49. The van der Waals surface area contributed by atoms with Crippen LogP contribution in [0.3, 0.4) is 0 Å². The molecule has 0 spiro atoms. The summed E-state index contributed by atoms with van der Waals surface area (Å²) in [7, 11) is 0. The molecule has 3 aliphatic rings. The minimum atomic E-state index is -0.780. The van der Waals surface area contributed by atoms with E-state index < -0.39 is 24.1 Å². The van der Waals surface area contributed by atoms with E-state index in [4.69, 9.17) is 9.47 Å². The molecule has 2 aromatic rings. The predicted molar refractivity (Wildman–Crippen MR) is 114 cm³/mol. The fourth-order valence-corrected chi connectivity index (χ4v) is 5.04. The molecule has 160 valence electrons. The lowest BCUT2D eigenvalue weighted by atomic mass is 10.1. The van der Waals surface area contributed by atoms with Crippen molar-refractivity contribution < 1.29 is 23.9 Å². The van der Waals surface area contributed by atoms with Crippen molar-refractivity contribution >= 4 is 33.8 Å².